The summed E-state index contributed by atoms with van der Waals surface area (Å²) < 4.78 is 5.49. The second-order valence-electron chi connectivity index (χ2n) is 4.29. The van der Waals surface area contributed by atoms with Crippen LogP contribution in [0.5, 0.6) is 0 Å². The molecule has 0 radical (unpaired) electrons. The normalized spacial score (nSPS) is 27.3. The summed E-state index contributed by atoms with van der Waals surface area (Å²) in [6.45, 7) is 2.83. The van der Waals surface area contributed by atoms with E-state index < -0.39 is 0 Å². The number of aliphatic hydroxyl groups excluding tert-OH is 1. The van der Waals surface area contributed by atoms with Gasteiger partial charge in [0.05, 0.1) is 12.2 Å². The van der Waals surface area contributed by atoms with Crippen LogP contribution in [0.1, 0.15) is 38.0 Å². The molecular formula is C12H19NO2. The molecule has 84 valence electrons. The topological polar surface area (TPSA) is 45.2 Å². The molecule has 0 aliphatic heterocycles. The van der Waals surface area contributed by atoms with Crippen molar-refractivity contribution in [3.05, 3.63) is 24.0 Å². The lowest BCUT2D eigenvalue weighted by atomic mass is 9.78. The summed E-state index contributed by atoms with van der Waals surface area (Å²) in [5, 5.41) is 9.89. The molecule has 3 heteroatoms. The summed E-state index contributed by atoms with van der Waals surface area (Å²) in [5.74, 6) is 0.625. The highest BCUT2D eigenvalue weighted by Crippen LogP contribution is 2.36. The molecule has 2 N–H and O–H groups in total. The van der Waals surface area contributed by atoms with Crippen LogP contribution >= 0.6 is 0 Å². The first-order valence-electron chi connectivity index (χ1n) is 5.72. The fourth-order valence-electron chi connectivity index (χ4n) is 2.23. The van der Waals surface area contributed by atoms with Gasteiger partial charge in [0.2, 0.25) is 0 Å². The van der Waals surface area contributed by atoms with Crippen LogP contribution < -0.4 is 0 Å². The Hall–Kier alpha value is -0.800. The Labute approximate surface area is 90.5 Å². The summed E-state index contributed by atoms with van der Waals surface area (Å²) in [6.07, 6.45) is 5.01. The van der Waals surface area contributed by atoms with Crippen molar-refractivity contribution in [3.63, 3.8) is 0 Å². The molecule has 0 amide bonds. The van der Waals surface area contributed by atoms with Gasteiger partial charge in [-0.15, -0.1) is 0 Å². The molecule has 3 nitrogen and oxygen atoms in total. The van der Waals surface area contributed by atoms with Gasteiger partial charge in [0.1, 0.15) is 0 Å². The van der Waals surface area contributed by atoms with Crippen LogP contribution in [-0.2, 0) is 4.74 Å². The van der Waals surface area contributed by atoms with Gasteiger partial charge in [0.15, 0.2) is 0 Å². The molecule has 1 aliphatic carbocycles. The Morgan fingerprint density at radius 2 is 2.40 bits per heavy atom. The number of ether oxygens (including phenoxy) is 1. The maximum Gasteiger partial charge on any atom is 0.0940 e. The van der Waals surface area contributed by atoms with Crippen molar-refractivity contribution >= 4 is 0 Å². The Morgan fingerprint density at radius 1 is 1.60 bits per heavy atom. The molecule has 1 unspecified atom stereocenters. The van der Waals surface area contributed by atoms with E-state index in [4.69, 9.17) is 4.74 Å². The lowest BCUT2D eigenvalue weighted by molar-refractivity contribution is -0.0383. The van der Waals surface area contributed by atoms with Crippen LogP contribution in [0.4, 0.5) is 0 Å². The van der Waals surface area contributed by atoms with E-state index in [0.29, 0.717) is 12.0 Å². The van der Waals surface area contributed by atoms with E-state index >= 15 is 0 Å². The van der Waals surface area contributed by atoms with Crippen molar-refractivity contribution in [1.29, 1.82) is 0 Å². The van der Waals surface area contributed by atoms with Crippen LogP contribution in [0, 0.1) is 5.92 Å². The highest BCUT2D eigenvalue weighted by Gasteiger charge is 2.31. The maximum atomic E-state index is 9.89. The summed E-state index contributed by atoms with van der Waals surface area (Å²) in [5.41, 5.74) is 0.926. The van der Waals surface area contributed by atoms with Gasteiger partial charge in [0, 0.05) is 18.5 Å². The quantitative estimate of drug-likeness (QED) is 0.781. The monoisotopic (exact) mass is 209 g/mol. The highest BCUT2D eigenvalue weighted by molar-refractivity contribution is 5.07. The van der Waals surface area contributed by atoms with Gasteiger partial charge in [-0.1, -0.05) is 0 Å². The van der Waals surface area contributed by atoms with Crippen molar-refractivity contribution in [2.45, 2.75) is 38.4 Å². The molecule has 0 spiro atoms. The average Bonchev–Trinajstić information content (AvgIpc) is 2.67. The van der Waals surface area contributed by atoms with Gasteiger partial charge in [-0.25, -0.2) is 0 Å². The van der Waals surface area contributed by atoms with Crippen LogP contribution in [-0.4, -0.2) is 22.8 Å². The molecule has 1 fully saturated rings. The highest BCUT2D eigenvalue weighted by atomic mass is 16.5. The van der Waals surface area contributed by atoms with E-state index in [1.165, 1.54) is 0 Å². The summed E-state index contributed by atoms with van der Waals surface area (Å²) in [6, 6.07) is 3.85. The minimum Gasteiger partial charge on any atom is -0.387 e. The minimum atomic E-state index is -0.340. The van der Waals surface area contributed by atoms with E-state index in [0.717, 1.165) is 31.6 Å². The number of rotatable bonds is 5. The first kappa shape index (κ1) is 10.7. The molecule has 1 aliphatic rings. The fourth-order valence-corrected chi connectivity index (χ4v) is 2.23. The summed E-state index contributed by atoms with van der Waals surface area (Å²) in [7, 11) is 0. The third kappa shape index (κ3) is 2.61. The van der Waals surface area contributed by atoms with Crippen molar-refractivity contribution in [3.8, 4) is 0 Å². The molecule has 0 aromatic carbocycles. The molecule has 1 aromatic heterocycles. The number of aromatic amines is 1. The molecule has 2 rings (SSSR count). The van der Waals surface area contributed by atoms with E-state index in [1.807, 2.05) is 25.3 Å². The third-order valence-corrected chi connectivity index (χ3v) is 3.13. The summed E-state index contributed by atoms with van der Waals surface area (Å²) in [4.78, 5) is 3.05. The lowest BCUT2D eigenvalue weighted by Gasteiger charge is -2.35. The van der Waals surface area contributed by atoms with Gasteiger partial charge in [-0.05, 0) is 44.2 Å². The molecule has 1 heterocycles. The third-order valence-electron chi connectivity index (χ3n) is 3.13. The van der Waals surface area contributed by atoms with Gasteiger partial charge >= 0.3 is 0 Å². The molecule has 0 saturated heterocycles. The molecular weight excluding hydrogens is 190 g/mol. The second-order valence-corrected chi connectivity index (χ2v) is 4.29. The zero-order chi connectivity index (χ0) is 10.7. The van der Waals surface area contributed by atoms with E-state index in [2.05, 4.69) is 4.98 Å². The molecule has 15 heavy (non-hydrogen) atoms. The van der Waals surface area contributed by atoms with Crippen LogP contribution in [0.2, 0.25) is 0 Å². The number of H-pyrrole nitrogens is 1. The van der Waals surface area contributed by atoms with Gasteiger partial charge < -0.3 is 14.8 Å². The predicted molar refractivity (Wildman–Crippen MR) is 58.5 cm³/mol. The van der Waals surface area contributed by atoms with Crippen LogP contribution in [0.3, 0.4) is 0 Å². The molecule has 1 atom stereocenters. The van der Waals surface area contributed by atoms with Crippen LogP contribution in [0.25, 0.3) is 0 Å². The molecule has 0 bridgehead atoms. The number of hydrogen-bond donors (Lipinski definition) is 2. The Bertz CT molecular complexity index is 278. The fraction of sp³-hybridized carbons (Fsp3) is 0.667. The molecule has 1 aromatic rings. The first-order chi connectivity index (χ1) is 7.29. The van der Waals surface area contributed by atoms with E-state index in [9.17, 15) is 5.11 Å². The van der Waals surface area contributed by atoms with Crippen molar-refractivity contribution in [1.82, 2.24) is 4.98 Å². The van der Waals surface area contributed by atoms with E-state index in [1.54, 1.807) is 0 Å². The number of aliphatic hydroxyl groups is 1. The SMILES string of the molecule is CCOC1CC(CC(O)c2ccc[nH]2)C1. The van der Waals surface area contributed by atoms with E-state index in [-0.39, 0.29) is 6.10 Å². The van der Waals surface area contributed by atoms with Crippen LogP contribution in [0.15, 0.2) is 18.3 Å². The Balaban J connectivity index is 1.71. The smallest absolute Gasteiger partial charge is 0.0940 e. The summed E-state index contributed by atoms with van der Waals surface area (Å²) >= 11 is 0. The zero-order valence-corrected chi connectivity index (χ0v) is 9.15. The predicted octanol–water partition coefficient (Wildman–Crippen LogP) is 2.25. The van der Waals surface area contributed by atoms with Gasteiger partial charge in [-0.2, -0.15) is 0 Å². The standard InChI is InChI=1S/C12H19NO2/c1-2-15-10-6-9(7-10)8-12(14)11-4-3-5-13-11/h3-5,9-10,12-14H,2,6-8H2,1H3. The number of aromatic nitrogens is 1. The Morgan fingerprint density at radius 3 is 3.00 bits per heavy atom. The maximum absolute atomic E-state index is 9.89. The Kier molecular flexibility index (Phi) is 3.44. The molecule has 1 saturated carbocycles. The van der Waals surface area contributed by atoms with Crippen molar-refractivity contribution in [2.75, 3.05) is 6.61 Å². The van der Waals surface area contributed by atoms with Gasteiger partial charge in [0.25, 0.3) is 0 Å². The van der Waals surface area contributed by atoms with Crippen molar-refractivity contribution in [2.24, 2.45) is 5.92 Å². The minimum absolute atomic E-state index is 0.340. The van der Waals surface area contributed by atoms with Gasteiger partial charge in [-0.3, -0.25) is 0 Å². The lowest BCUT2D eigenvalue weighted by Crippen LogP contribution is -2.32. The largest absolute Gasteiger partial charge is 0.387 e. The number of nitrogens with one attached hydrogen (secondary N) is 1. The average molecular weight is 209 g/mol. The second kappa shape index (κ2) is 4.81. The van der Waals surface area contributed by atoms with Crippen molar-refractivity contribution < 1.29 is 9.84 Å². The first-order valence-corrected chi connectivity index (χ1v) is 5.72. The number of hydrogen-bond acceptors (Lipinski definition) is 2. The zero-order valence-electron chi connectivity index (χ0n) is 9.15.